The molecule has 0 N–H and O–H groups in total. The maximum Gasteiger partial charge on any atom is 0.144 e. The van der Waals surface area contributed by atoms with E-state index in [-0.39, 0.29) is 0 Å². The van der Waals surface area contributed by atoms with Crippen LogP contribution in [0.1, 0.15) is 203 Å². The Kier molecular flexibility index (Phi) is 26.9. The van der Waals surface area contributed by atoms with Gasteiger partial charge in [-0.1, -0.05) is 408 Å². The Hall–Kier alpha value is -16.6. The van der Waals surface area contributed by atoms with Crippen LogP contribution in [-0.4, -0.2) is 48.2 Å². The number of nitrogens with zero attached hydrogens (tertiary/aromatic N) is 10. The fraction of sp³-hybridized carbons (Fsp3) is 0.176. The lowest BCUT2D eigenvalue weighted by Gasteiger charge is -2.22. The van der Waals surface area contributed by atoms with Gasteiger partial charge in [-0.15, -0.1) is 0 Å². The summed E-state index contributed by atoms with van der Waals surface area (Å²) in [5, 5.41) is 0. The molecule has 0 bridgehead atoms. The number of pyridine rings is 2. The van der Waals surface area contributed by atoms with E-state index in [4.69, 9.17) is 29.9 Å². The van der Waals surface area contributed by atoms with E-state index in [1.54, 1.807) is 0 Å². The van der Waals surface area contributed by atoms with E-state index >= 15 is 0 Å². The number of aromatic nitrogens is 10. The smallest absolute Gasteiger partial charge is 0.144 e. The molecule has 10 heteroatoms. The summed E-state index contributed by atoms with van der Waals surface area (Å²) in [6, 6.07) is 131. The van der Waals surface area contributed by atoms with Crippen molar-refractivity contribution in [2.45, 2.75) is 158 Å². The molecule has 718 valence electrons. The molecule has 10 nitrogen and oxygen atoms in total. The zero-order valence-corrected chi connectivity index (χ0v) is 86.4. The maximum absolute atomic E-state index is 5.41. The van der Waals surface area contributed by atoms with E-state index in [2.05, 4.69) is 494 Å². The first-order valence-corrected chi connectivity index (χ1v) is 51.9. The Bertz CT molecular complexity index is 7350. The molecule has 6 heterocycles. The second kappa shape index (κ2) is 41.0. The molecule has 21 aromatic rings. The minimum Gasteiger partial charge on any atom is -0.299 e. The maximum atomic E-state index is 5.41. The van der Waals surface area contributed by atoms with Crippen molar-refractivity contribution in [1.82, 2.24) is 48.2 Å². The highest BCUT2D eigenvalue weighted by Crippen LogP contribution is 2.51. The molecule has 0 atom stereocenters. The predicted octanol–water partition coefficient (Wildman–Crippen LogP) is 36.9. The van der Waals surface area contributed by atoms with Gasteiger partial charge < -0.3 is 0 Å². The van der Waals surface area contributed by atoms with Crippen LogP contribution in [0, 0.1) is 0 Å². The van der Waals surface area contributed by atoms with Crippen LogP contribution in [-0.2, 0) is 0 Å². The van der Waals surface area contributed by atoms with Gasteiger partial charge in [-0.2, -0.15) is 0 Å². The van der Waals surface area contributed by atoms with E-state index in [9.17, 15) is 0 Å². The minimum atomic E-state index is 0.305. The van der Waals surface area contributed by atoms with Gasteiger partial charge in [-0.25, -0.2) is 19.9 Å². The number of hydrogen-bond donors (Lipinski definition) is 0. The molecule has 0 aliphatic rings. The first kappa shape index (κ1) is 95.6. The molecule has 0 unspecified atom stereocenters. The number of imidazole rings is 4. The Morgan fingerprint density at radius 3 is 0.575 bits per heavy atom. The molecular formula is C136H124N10. The van der Waals surface area contributed by atoms with Gasteiger partial charge in [0.1, 0.15) is 23.3 Å². The molecule has 0 saturated carbocycles. The molecular weight excluding hydrogens is 1770 g/mol. The van der Waals surface area contributed by atoms with Crippen molar-refractivity contribution in [2.75, 3.05) is 0 Å². The number of benzene rings is 15. The summed E-state index contributed by atoms with van der Waals surface area (Å²) in [5.74, 6) is 6.05. The van der Waals surface area contributed by atoms with Crippen LogP contribution in [0.3, 0.4) is 0 Å². The second-order valence-corrected chi connectivity index (χ2v) is 41.3. The summed E-state index contributed by atoms with van der Waals surface area (Å²) in [4.78, 5) is 30.8. The van der Waals surface area contributed by atoms with Crippen LogP contribution in [0.4, 0.5) is 0 Å². The van der Waals surface area contributed by atoms with Gasteiger partial charge in [0.05, 0.1) is 34.1 Å². The monoisotopic (exact) mass is 1900 g/mol. The van der Waals surface area contributed by atoms with Crippen molar-refractivity contribution in [1.29, 1.82) is 0 Å². The third kappa shape index (κ3) is 18.5. The second-order valence-electron chi connectivity index (χ2n) is 41.3. The Morgan fingerprint density at radius 1 is 0.158 bits per heavy atom. The van der Waals surface area contributed by atoms with Crippen LogP contribution in [0.2, 0.25) is 0 Å². The Balaban J connectivity index is 0.761. The summed E-state index contributed by atoms with van der Waals surface area (Å²) in [7, 11) is 0. The third-order valence-corrected chi connectivity index (χ3v) is 29.2. The van der Waals surface area contributed by atoms with E-state index in [1.165, 1.54) is 67.3 Å². The molecule has 146 heavy (non-hydrogen) atoms. The number of para-hydroxylation sites is 4. The largest absolute Gasteiger partial charge is 0.299 e. The average Bonchev–Trinajstić information content (AvgIpc) is 1.11. The summed E-state index contributed by atoms with van der Waals surface area (Å²) in [6.07, 6.45) is 20.2. The van der Waals surface area contributed by atoms with Crippen LogP contribution in [0.15, 0.2) is 414 Å². The normalized spacial score (nSPS) is 11.8. The summed E-state index contributed by atoms with van der Waals surface area (Å²) >= 11 is 0. The third-order valence-electron chi connectivity index (χ3n) is 29.2. The highest BCUT2D eigenvalue weighted by atomic mass is 15.1. The number of rotatable bonds is 28. The van der Waals surface area contributed by atoms with E-state index in [0.717, 1.165) is 179 Å². The summed E-state index contributed by atoms with van der Waals surface area (Å²) in [5.41, 5.74) is 44.3. The quantitative estimate of drug-likeness (QED) is 0.0485. The van der Waals surface area contributed by atoms with E-state index in [0.29, 0.717) is 47.3 Å². The van der Waals surface area contributed by atoms with Gasteiger partial charge in [0.25, 0.3) is 0 Å². The lowest BCUT2D eigenvalue weighted by molar-refractivity contribution is 0.806. The van der Waals surface area contributed by atoms with Gasteiger partial charge >= 0.3 is 0 Å². The highest BCUT2D eigenvalue weighted by molar-refractivity contribution is 6.01. The molecule has 0 spiro atoms. The summed E-state index contributed by atoms with van der Waals surface area (Å²) in [6.45, 7) is 36.5. The zero-order chi connectivity index (χ0) is 101. The fourth-order valence-corrected chi connectivity index (χ4v) is 21.8. The summed E-state index contributed by atoms with van der Waals surface area (Å²) < 4.78 is 9.24. The van der Waals surface area contributed by atoms with E-state index < -0.39 is 0 Å². The zero-order valence-electron chi connectivity index (χ0n) is 86.4. The predicted molar refractivity (Wildman–Crippen MR) is 610 cm³/mol. The van der Waals surface area contributed by atoms with Crippen molar-refractivity contribution in [3.05, 3.63) is 458 Å². The lowest BCUT2D eigenvalue weighted by Crippen LogP contribution is -2.07. The van der Waals surface area contributed by atoms with Gasteiger partial charge in [-0.3, -0.25) is 28.2 Å². The minimum absolute atomic E-state index is 0.305. The van der Waals surface area contributed by atoms with Crippen molar-refractivity contribution in [3.63, 3.8) is 0 Å². The molecule has 0 aliphatic carbocycles. The standard InChI is InChI=1S/C136H124N10/c1-85(2)108-40-27-41-109(86(3)4)129(108)143-74-70-138-133(143)97-59-51-93(52-60-97)116-32-17-21-36-120(116)102-78-103(121-37-22-18-33-117(121)94-53-61-98(62-54-94)134-139-71-75-144(134)130-110(87(5)6)42-28-43-111(130)88(7)8)81-106(80-102)124-48-31-49-125(128(124)101-67-68-127(142-84-101)126-50-25-26-69-137-126)107-82-104(122-38-23-19-34-118(122)95-55-63-99(64-56-95)135-140-72-76-145(135)131-112(89(9)10)44-29-45-113(131)90(11)12)79-105(83-107)123-39-24-20-35-119(123)96-57-65-100(66-58-96)136-141-73-77-146(136)132-114(91(13)14)46-30-47-115(132)92(15)16/h17-92H,1-16H3. The van der Waals surface area contributed by atoms with Crippen LogP contribution in [0.25, 0.3) is 202 Å². The molecule has 21 rings (SSSR count). The van der Waals surface area contributed by atoms with Gasteiger partial charge in [0.15, 0.2) is 0 Å². The fourth-order valence-electron chi connectivity index (χ4n) is 21.8. The molecule has 15 aromatic carbocycles. The molecule has 0 aliphatic heterocycles. The molecule has 0 amide bonds. The molecule has 6 aromatic heterocycles. The molecule has 0 fully saturated rings. The Morgan fingerprint density at radius 2 is 0.356 bits per heavy atom. The van der Waals surface area contributed by atoms with E-state index in [1.807, 2.05) is 49.2 Å². The van der Waals surface area contributed by atoms with Gasteiger partial charge in [0.2, 0.25) is 0 Å². The lowest BCUT2D eigenvalue weighted by atomic mass is 9.83. The first-order chi connectivity index (χ1) is 71.1. The molecule has 0 saturated heterocycles. The van der Waals surface area contributed by atoms with Crippen LogP contribution in [0.5, 0.6) is 0 Å². The van der Waals surface area contributed by atoms with Gasteiger partial charge in [0, 0.05) is 89.8 Å². The number of hydrogen-bond acceptors (Lipinski definition) is 6. The Labute approximate surface area is 860 Å². The van der Waals surface area contributed by atoms with Crippen LogP contribution >= 0.6 is 0 Å². The van der Waals surface area contributed by atoms with Crippen molar-refractivity contribution in [2.24, 2.45) is 0 Å². The van der Waals surface area contributed by atoms with Crippen molar-refractivity contribution < 1.29 is 0 Å². The molecule has 0 radical (unpaired) electrons. The van der Waals surface area contributed by atoms with Gasteiger partial charge in [-0.05, 0) is 263 Å². The first-order valence-electron chi connectivity index (χ1n) is 51.9. The topological polar surface area (TPSA) is 97.1 Å². The van der Waals surface area contributed by atoms with Crippen LogP contribution < -0.4 is 0 Å². The highest BCUT2D eigenvalue weighted by Gasteiger charge is 2.29. The SMILES string of the molecule is CC(C)c1cccc(C(C)C)c1-n1ccnc1-c1ccc(-c2ccccc2-c2cc(-c3ccccc3-c3ccc(-c4nccn4-c4c(C(C)C)cccc4C(C)C)cc3)cc(-c3cccc(-c4cc(-c5ccccc5-c5ccc(-c6nccn6-c6c(C(C)C)cccc6C(C)C)cc5)cc(-c5ccccc5-c5ccc(-c6nccn6-c6c(C(C)C)cccc6C(C)C)cc5)c4)c3-c3ccc(-c4ccccn4)nc3)c2)cc1. The van der Waals surface area contributed by atoms with Crippen molar-refractivity contribution in [3.8, 4) is 202 Å². The average molecular weight is 1900 g/mol. The van der Waals surface area contributed by atoms with Crippen molar-refractivity contribution >= 4 is 0 Å².